The lowest BCUT2D eigenvalue weighted by Gasteiger charge is -2.18. The first-order valence-corrected chi connectivity index (χ1v) is 10.5. The summed E-state index contributed by atoms with van der Waals surface area (Å²) in [6.45, 7) is 0. The zero-order valence-corrected chi connectivity index (χ0v) is 18.0. The van der Waals surface area contributed by atoms with Gasteiger partial charge in [-0.25, -0.2) is 0 Å². The molecule has 6 nitrogen and oxygen atoms in total. The standard InChI is InChI=1S/C27H23N3O3/c1-32-18-9-12-22-25(16-18)29-14-13-26(22)33-19-10-11-20-17(15-19)5-4-6-21(20)27(31)30-24-8-3-2-7-23(24)28/h2-16,27,30-31H,28H2,1H3. The number of aromatic nitrogens is 1. The van der Waals surface area contributed by atoms with Gasteiger partial charge in [-0.05, 0) is 53.2 Å². The molecule has 0 bridgehead atoms. The van der Waals surface area contributed by atoms with Gasteiger partial charge in [0.05, 0.1) is 24.0 Å². The summed E-state index contributed by atoms with van der Waals surface area (Å²) in [4.78, 5) is 4.41. The summed E-state index contributed by atoms with van der Waals surface area (Å²) < 4.78 is 11.5. The number of hydrogen-bond donors (Lipinski definition) is 3. The number of methoxy groups -OCH3 is 1. The highest BCUT2D eigenvalue weighted by molar-refractivity contribution is 5.89. The van der Waals surface area contributed by atoms with Crippen molar-refractivity contribution in [3.8, 4) is 17.2 Å². The van der Waals surface area contributed by atoms with Gasteiger partial charge >= 0.3 is 0 Å². The van der Waals surface area contributed by atoms with Gasteiger partial charge in [-0.2, -0.15) is 0 Å². The van der Waals surface area contributed by atoms with Gasteiger partial charge in [0.25, 0.3) is 0 Å². The fourth-order valence-corrected chi connectivity index (χ4v) is 3.89. The number of pyridine rings is 1. The van der Waals surface area contributed by atoms with Crippen molar-refractivity contribution >= 4 is 33.1 Å². The third-order valence-corrected chi connectivity index (χ3v) is 5.57. The minimum atomic E-state index is -0.913. The van der Waals surface area contributed by atoms with E-state index in [0.717, 1.165) is 33.0 Å². The van der Waals surface area contributed by atoms with Crippen LogP contribution in [0.3, 0.4) is 0 Å². The smallest absolute Gasteiger partial charge is 0.151 e. The predicted octanol–water partition coefficient (Wildman–Crippen LogP) is 5.87. The molecule has 4 N–H and O–H groups in total. The average molecular weight is 437 g/mol. The Balaban J connectivity index is 1.45. The third-order valence-electron chi connectivity index (χ3n) is 5.57. The van der Waals surface area contributed by atoms with Crippen LogP contribution in [-0.2, 0) is 0 Å². The number of nitrogens with two attached hydrogens (primary N) is 1. The number of nitrogens with zero attached hydrogens (tertiary/aromatic N) is 1. The number of nitrogen functional groups attached to an aromatic ring is 1. The third kappa shape index (κ3) is 4.12. The molecule has 164 valence electrons. The van der Waals surface area contributed by atoms with Crippen LogP contribution >= 0.6 is 0 Å². The van der Waals surface area contributed by atoms with Crippen LogP contribution < -0.4 is 20.5 Å². The highest BCUT2D eigenvalue weighted by atomic mass is 16.5. The Morgan fingerprint density at radius 3 is 2.55 bits per heavy atom. The number of aliphatic hydroxyl groups excluding tert-OH is 1. The Kier molecular flexibility index (Phi) is 5.42. The summed E-state index contributed by atoms with van der Waals surface area (Å²) in [5, 5.41) is 16.7. The van der Waals surface area contributed by atoms with Gasteiger partial charge in [-0.1, -0.05) is 36.4 Å². The van der Waals surface area contributed by atoms with Gasteiger partial charge in [-0.3, -0.25) is 4.98 Å². The van der Waals surface area contributed by atoms with E-state index in [1.54, 1.807) is 19.4 Å². The monoisotopic (exact) mass is 437 g/mol. The molecule has 1 atom stereocenters. The lowest BCUT2D eigenvalue weighted by Crippen LogP contribution is -2.11. The van der Waals surface area contributed by atoms with E-state index < -0.39 is 6.23 Å². The zero-order chi connectivity index (χ0) is 22.8. The molecule has 0 spiro atoms. The van der Waals surface area contributed by atoms with Crippen molar-refractivity contribution in [1.82, 2.24) is 4.98 Å². The molecule has 5 rings (SSSR count). The first kappa shape index (κ1) is 20.6. The van der Waals surface area contributed by atoms with E-state index >= 15 is 0 Å². The van der Waals surface area contributed by atoms with Crippen molar-refractivity contribution in [2.24, 2.45) is 0 Å². The van der Waals surface area contributed by atoms with Gasteiger partial charge in [0.2, 0.25) is 0 Å². The normalized spacial score (nSPS) is 11.9. The number of anilines is 2. The molecule has 0 radical (unpaired) electrons. The predicted molar refractivity (Wildman–Crippen MR) is 132 cm³/mol. The number of rotatable bonds is 6. The van der Waals surface area contributed by atoms with Crippen molar-refractivity contribution in [3.63, 3.8) is 0 Å². The van der Waals surface area contributed by atoms with Crippen molar-refractivity contribution in [2.45, 2.75) is 6.23 Å². The van der Waals surface area contributed by atoms with Crippen molar-refractivity contribution < 1.29 is 14.6 Å². The molecule has 0 saturated heterocycles. The van der Waals surface area contributed by atoms with Crippen LogP contribution in [0.25, 0.3) is 21.7 Å². The van der Waals surface area contributed by atoms with Crippen LogP contribution in [0.1, 0.15) is 11.8 Å². The molecule has 0 amide bonds. The molecule has 5 aromatic rings. The molecule has 6 heteroatoms. The second-order valence-electron chi connectivity index (χ2n) is 7.66. The molecule has 0 fully saturated rings. The van der Waals surface area contributed by atoms with Gasteiger partial charge in [0.1, 0.15) is 17.2 Å². The van der Waals surface area contributed by atoms with E-state index in [0.29, 0.717) is 22.9 Å². The van der Waals surface area contributed by atoms with Crippen molar-refractivity contribution in [2.75, 3.05) is 18.2 Å². The minimum absolute atomic E-state index is 0.578. The summed E-state index contributed by atoms with van der Waals surface area (Å²) in [5.74, 6) is 2.15. The molecule has 1 unspecified atom stereocenters. The van der Waals surface area contributed by atoms with Crippen LogP contribution in [0.2, 0.25) is 0 Å². The van der Waals surface area contributed by atoms with Gasteiger partial charge in [0.15, 0.2) is 6.23 Å². The van der Waals surface area contributed by atoms with E-state index in [9.17, 15) is 5.11 Å². The number of para-hydroxylation sites is 2. The highest BCUT2D eigenvalue weighted by Gasteiger charge is 2.13. The number of nitrogens with one attached hydrogen (secondary N) is 1. The number of ether oxygens (including phenoxy) is 2. The minimum Gasteiger partial charge on any atom is -0.497 e. The molecule has 0 aliphatic rings. The summed E-state index contributed by atoms with van der Waals surface area (Å²) in [7, 11) is 1.63. The van der Waals surface area contributed by atoms with E-state index in [2.05, 4.69) is 10.3 Å². The summed E-state index contributed by atoms with van der Waals surface area (Å²) in [6.07, 6.45) is 0.803. The largest absolute Gasteiger partial charge is 0.497 e. The number of hydrogen-bond acceptors (Lipinski definition) is 6. The molecule has 33 heavy (non-hydrogen) atoms. The Hall–Kier alpha value is -4.29. The lowest BCUT2D eigenvalue weighted by molar-refractivity contribution is 0.210. The zero-order valence-electron chi connectivity index (χ0n) is 18.0. The van der Waals surface area contributed by atoms with E-state index in [4.69, 9.17) is 15.2 Å². The van der Waals surface area contributed by atoms with Crippen molar-refractivity contribution in [3.05, 3.63) is 96.7 Å². The maximum absolute atomic E-state index is 10.8. The Labute approximate surface area is 191 Å². The van der Waals surface area contributed by atoms with Crippen LogP contribution in [0.5, 0.6) is 17.2 Å². The lowest BCUT2D eigenvalue weighted by atomic mass is 10.0. The molecule has 0 aliphatic heterocycles. The summed E-state index contributed by atoms with van der Waals surface area (Å²) >= 11 is 0. The molecular weight excluding hydrogens is 414 g/mol. The van der Waals surface area contributed by atoms with E-state index in [-0.39, 0.29) is 0 Å². The number of fused-ring (bicyclic) bond motifs is 2. The van der Waals surface area contributed by atoms with Gasteiger partial charge in [0, 0.05) is 23.2 Å². The number of benzene rings is 4. The second-order valence-corrected chi connectivity index (χ2v) is 7.66. The van der Waals surface area contributed by atoms with Gasteiger partial charge < -0.3 is 25.6 Å². The first-order chi connectivity index (χ1) is 16.1. The average Bonchev–Trinajstić information content (AvgIpc) is 2.84. The maximum atomic E-state index is 10.8. The fraction of sp³-hybridized carbons (Fsp3) is 0.0741. The van der Waals surface area contributed by atoms with E-state index in [1.165, 1.54) is 0 Å². The Morgan fingerprint density at radius 1 is 0.879 bits per heavy atom. The maximum Gasteiger partial charge on any atom is 0.151 e. The SMILES string of the molecule is COc1ccc2c(Oc3ccc4c(C(O)Nc5ccccc5N)cccc4c3)ccnc2c1. The second kappa shape index (κ2) is 8.68. The quantitative estimate of drug-likeness (QED) is 0.227. The van der Waals surface area contributed by atoms with Crippen LogP contribution in [0, 0.1) is 0 Å². The molecule has 0 aliphatic carbocycles. The number of aliphatic hydroxyl groups is 1. The first-order valence-electron chi connectivity index (χ1n) is 10.5. The fourth-order valence-electron chi connectivity index (χ4n) is 3.89. The van der Waals surface area contributed by atoms with Crippen LogP contribution in [0.4, 0.5) is 11.4 Å². The molecular formula is C27H23N3O3. The van der Waals surface area contributed by atoms with Gasteiger partial charge in [-0.15, -0.1) is 0 Å². The van der Waals surface area contributed by atoms with Crippen LogP contribution in [-0.4, -0.2) is 17.2 Å². The topological polar surface area (TPSA) is 89.6 Å². The summed E-state index contributed by atoms with van der Waals surface area (Å²) in [6, 6.07) is 26.5. The van der Waals surface area contributed by atoms with Crippen LogP contribution in [0.15, 0.2) is 91.1 Å². The molecule has 0 saturated carbocycles. The highest BCUT2D eigenvalue weighted by Crippen LogP contribution is 2.34. The Bertz CT molecular complexity index is 1450. The Morgan fingerprint density at radius 2 is 1.70 bits per heavy atom. The molecule has 1 aromatic heterocycles. The van der Waals surface area contributed by atoms with Crippen molar-refractivity contribution in [1.29, 1.82) is 0 Å². The molecule has 4 aromatic carbocycles. The summed E-state index contributed by atoms with van der Waals surface area (Å²) in [5.41, 5.74) is 8.82. The van der Waals surface area contributed by atoms with E-state index in [1.807, 2.05) is 78.9 Å². The molecule has 1 heterocycles.